The van der Waals surface area contributed by atoms with Gasteiger partial charge in [-0.2, -0.15) is 5.10 Å². The van der Waals surface area contributed by atoms with Gasteiger partial charge in [0, 0.05) is 31.9 Å². The average molecular weight is 235 g/mol. The van der Waals surface area contributed by atoms with Crippen LogP contribution in [-0.4, -0.2) is 28.5 Å². The van der Waals surface area contributed by atoms with Crippen molar-refractivity contribution in [3.8, 4) is 0 Å². The zero-order chi connectivity index (χ0) is 11.5. The fourth-order valence-electron chi connectivity index (χ4n) is 2.31. The van der Waals surface area contributed by atoms with E-state index < -0.39 is 0 Å². The second kappa shape index (κ2) is 5.19. The summed E-state index contributed by atoms with van der Waals surface area (Å²) < 4.78 is 7.66. The number of ether oxygens (including phenoxy) is 1. The summed E-state index contributed by atoms with van der Waals surface area (Å²) in [6, 6.07) is 2.87. The Labute approximate surface area is 102 Å². The molecule has 0 spiro atoms. The van der Waals surface area contributed by atoms with E-state index >= 15 is 0 Å². The van der Waals surface area contributed by atoms with Crippen molar-refractivity contribution in [2.75, 3.05) is 6.61 Å². The highest BCUT2D eigenvalue weighted by molar-refractivity contribution is 4.99. The van der Waals surface area contributed by atoms with Crippen molar-refractivity contribution in [2.24, 2.45) is 0 Å². The number of aromatic nitrogens is 2. The van der Waals surface area contributed by atoms with Gasteiger partial charge >= 0.3 is 0 Å². The number of nitrogens with zero attached hydrogens (tertiary/aromatic N) is 2. The van der Waals surface area contributed by atoms with Gasteiger partial charge in [0.1, 0.15) is 0 Å². The molecular formula is C13H21N3O. The highest BCUT2D eigenvalue weighted by atomic mass is 16.5. The molecule has 17 heavy (non-hydrogen) atoms. The summed E-state index contributed by atoms with van der Waals surface area (Å²) >= 11 is 0. The maximum absolute atomic E-state index is 5.62. The lowest BCUT2D eigenvalue weighted by atomic mass is 10.2. The average Bonchev–Trinajstić information content (AvgIpc) is 2.86. The first-order valence-corrected chi connectivity index (χ1v) is 6.77. The lowest BCUT2D eigenvalue weighted by Gasteiger charge is -2.08. The van der Waals surface area contributed by atoms with Gasteiger partial charge in [0.15, 0.2) is 0 Å². The number of hydrogen-bond donors (Lipinski definition) is 1. The minimum absolute atomic E-state index is 0.465. The Bertz CT molecular complexity index is 353. The minimum atomic E-state index is 0.465. The topological polar surface area (TPSA) is 39.1 Å². The van der Waals surface area contributed by atoms with Crippen LogP contribution in [0.1, 0.15) is 37.8 Å². The van der Waals surface area contributed by atoms with Crippen molar-refractivity contribution in [2.45, 2.75) is 57.3 Å². The van der Waals surface area contributed by atoms with E-state index in [4.69, 9.17) is 4.74 Å². The Morgan fingerprint density at radius 2 is 2.35 bits per heavy atom. The van der Waals surface area contributed by atoms with E-state index in [1.807, 2.05) is 4.68 Å². The Kier molecular flexibility index (Phi) is 3.43. The monoisotopic (exact) mass is 235 g/mol. The summed E-state index contributed by atoms with van der Waals surface area (Å²) in [5.74, 6) is 0. The molecule has 3 rings (SSSR count). The van der Waals surface area contributed by atoms with Crippen LogP contribution in [0.15, 0.2) is 12.3 Å². The largest absolute Gasteiger partial charge is 0.378 e. The van der Waals surface area contributed by atoms with Crippen LogP contribution in [0.4, 0.5) is 0 Å². The van der Waals surface area contributed by atoms with E-state index in [0.717, 1.165) is 37.9 Å². The van der Waals surface area contributed by atoms with Crippen LogP contribution in [0, 0.1) is 0 Å². The van der Waals surface area contributed by atoms with Gasteiger partial charge < -0.3 is 10.1 Å². The summed E-state index contributed by atoms with van der Waals surface area (Å²) in [5.41, 5.74) is 1.16. The van der Waals surface area contributed by atoms with E-state index in [0.29, 0.717) is 6.10 Å². The van der Waals surface area contributed by atoms with E-state index in [-0.39, 0.29) is 0 Å². The van der Waals surface area contributed by atoms with Crippen molar-refractivity contribution in [3.05, 3.63) is 18.0 Å². The molecule has 1 atom stereocenters. The quantitative estimate of drug-likeness (QED) is 0.815. The molecule has 1 unspecified atom stereocenters. The molecule has 1 saturated carbocycles. The summed E-state index contributed by atoms with van der Waals surface area (Å²) in [6.07, 6.45) is 8.75. The third kappa shape index (κ3) is 3.30. The summed E-state index contributed by atoms with van der Waals surface area (Å²) in [4.78, 5) is 0. The Hall–Kier alpha value is -0.870. The number of hydrogen-bond acceptors (Lipinski definition) is 3. The van der Waals surface area contributed by atoms with Crippen LogP contribution in [0.2, 0.25) is 0 Å². The van der Waals surface area contributed by atoms with Gasteiger partial charge in [-0.1, -0.05) is 0 Å². The smallest absolute Gasteiger partial charge is 0.0762 e. The molecular weight excluding hydrogens is 214 g/mol. The number of nitrogens with one attached hydrogen (secondary N) is 1. The first kappa shape index (κ1) is 11.2. The standard InChI is InChI=1S/C13H21N3O/c1-2-13(17-9-1)6-8-16-7-5-12(15-16)10-14-11-3-4-11/h5,7,11,13-14H,1-4,6,8-10H2. The molecule has 0 amide bonds. The van der Waals surface area contributed by atoms with Gasteiger partial charge in [0.25, 0.3) is 0 Å². The second-order valence-electron chi connectivity index (χ2n) is 5.15. The van der Waals surface area contributed by atoms with Crippen LogP contribution in [0.25, 0.3) is 0 Å². The lowest BCUT2D eigenvalue weighted by Crippen LogP contribution is -2.16. The van der Waals surface area contributed by atoms with Crippen molar-refractivity contribution in [1.82, 2.24) is 15.1 Å². The Morgan fingerprint density at radius 1 is 1.41 bits per heavy atom. The van der Waals surface area contributed by atoms with Crippen LogP contribution >= 0.6 is 0 Å². The third-order valence-corrected chi connectivity index (χ3v) is 3.55. The van der Waals surface area contributed by atoms with Crippen LogP contribution in [0.3, 0.4) is 0 Å². The predicted molar refractivity (Wildman–Crippen MR) is 65.7 cm³/mol. The molecule has 1 aliphatic heterocycles. The predicted octanol–water partition coefficient (Wildman–Crippen LogP) is 1.70. The van der Waals surface area contributed by atoms with Crippen molar-refractivity contribution < 1.29 is 4.74 Å². The molecule has 0 radical (unpaired) electrons. The molecule has 1 aromatic heterocycles. The summed E-state index contributed by atoms with van der Waals surface area (Å²) in [6.45, 7) is 2.84. The molecule has 2 fully saturated rings. The summed E-state index contributed by atoms with van der Waals surface area (Å²) in [7, 11) is 0. The van der Waals surface area contributed by atoms with Crippen LogP contribution < -0.4 is 5.32 Å². The molecule has 1 saturated heterocycles. The Morgan fingerprint density at radius 3 is 3.12 bits per heavy atom. The van der Waals surface area contributed by atoms with Gasteiger partial charge in [-0.3, -0.25) is 4.68 Å². The Balaban J connectivity index is 1.42. The molecule has 2 heterocycles. The fraction of sp³-hybridized carbons (Fsp3) is 0.769. The first-order chi connectivity index (χ1) is 8.40. The molecule has 0 aromatic carbocycles. The van der Waals surface area contributed by atoms with Crippen molar-refractivity contribution >= 4 is 0 Å². The second-order valence-corrected chi connectivity index (χ2v) is 5.15. The SMILES string of the molecule is c1cn(CCC2CCCO2)nc1CNC1CC1. The minimum Gasteiger partial charge on any atom is -0.378 e. The maximum Gasteiger partial charge on any atom is 0.0762 e. The zero-order valence-electron chi connectivity index (χ0n) is 10.3. The van der Waals surface area contributed by atoms with Gasteiger partial charge in [-0.25, -0.2) is 0 Å². The number of aryl methyl sites for hydroxylation is 1. The van der Waals surface area contributed by atoms with Crippen molar-refractivity contribution in [3.63, 3.8) is 0 Å². The van der Waals surface area contributed by atoms with Crippen molar-refractivity contribution in [1.29, 1.82) is 0 Å². The molecule has 4 nitrogen and oxygen atoms in total. The van der Waals surface area contributed by atoms with Gasteiger partial charge in [0.05, 0.1) is 11.8 Å². The molecule has 2 aliphatic rings. The van der Waals surface area contributed by atoms with Gasteiger partial charge in [-0.15, -0.1) is 0 Å². The maximum atomic E-state index is 5.62. The first-order valence-electron chi connectivity index (χ1n) is 6.77. The van der Waals surface area contributed by atoms with Crippen LogP contribution in [-0.2, 0) is 17.8 Å². The van der Waals surface area contributed by atoms with E-state index in [2.05, 4.69) is 22.7 Å². The normalized spacial score (nSPS) is 24.4. The lowest BCUT2D eigenvalue weighted by molar-refractivity contribution is 0.0994. The molecule has 4 heteroatoms. The number of rotatable bonds is 6. The summed E-state index contributed by atoms with van der Waals surface area (Å²) in [5, 5.41) is 8.05. The molecule has 1 aromatic rings. The molecule has 94 valence electrons. The third-order valence-electron chi connectivity index (χ3n) is 3.55. The highest BCUT2D eigenvalue weighted by Gasteiger charge is 2.20. The van der Waals surface area contributed by atoms with E-state index in [9.17, 15) is 0 Å². The van der Waals surface area contributed by atoms with E-state index in [1.165, 1.54) is 25.7 Å². The van der Waals surface area contributed by atoms with Gasteiger partial charge in [-0.05, 0) is 38.2 Å². The molecule has 1 aliphatic carbocycles. The highest BCUT2D eigenvalue weighted by Crippen LogP contribution is 2.19. The van der Waals surface area contributed by atoms with E-state index in [1.54, 1.807) is 0 Å². The molecule has 1 N–H and O–H groups in total. The molecule has 0 bridgehead atoms. The zero-order valence-corrected chi connectivity index (χ0v) is 10.3. The fourth-order valence-corrected chi connectivity index (χ4v) is 2.31. The van der Waals surface area contributed by atoms with Crippen LogP contribution in [0.5, 0.6) is 0 Å². The van der Waals surface area contributed by atoms with Gasteiger partial charge in [0.2, 0.25) is 0 Å².